The molecule has 6 nitrogen and oxygen atoms in total. The molecule has 1 saturated carbocycles. The van der Waals surface area contributed by atoms with Gasteiger partial charge in [-0.05, 0) is 32.3 Å². The van der Waals surface area contributed by atoms with Gasteiger partial charge in [-0.25, -0.2) is 9.67 Å². The monoisotopic (exact) mass is 364 g/mol. The molecule has 140 valence electrons. The highest BCUT2D eigenvalue weighted by Crippen LogP contribution is 2.41. The summed E-state index contributed by atoms with van der Waals surface area (Å²) in [6, 6.07) is 8.34. The number of ether oxygens (including phenoxy) is 1. The van der Waals surface area contributed by atoms with Gasteiger partial charge in [-0.3, -0.25) is 4.79 Å². The van der Waals surface area contributed by atoms with Gasteiger partial charge >= 0.3 is 0 Å². The van der Waals surface area contributed by atoms with Crippen molar-refractivity contribution >= 4 is 11.0 Å². The highest BCUT2D eigenvalue weighted by Gasteiger charge is 2.35. The number of H-pyrrole nitrogens is 1. The number of aromatic nitrogens is 4. The van der Waals surface area contributed by atoms with Crippen LogP contribution in [0, 0.1) is 0 Å². The van der Waals surface area contributed by atoms with E-state index in [-0.39, 0.29) is 17.6 Å². The number of hydrogen-bond donors (Lipinski definition) is 1. The number of para-hydroxylation sites is 1. The lowest BCUT2D eigenvalue weighted by molar-refractivity contribution is 0.235. The van der Waals surface area contributed by atoms with Crippen molar-refractivity contribution in [3.8, 4) is 5.75 Å². The summed E-state index contributed by atoms with van der Waals surface area (Å²) in [6.45, 7) is 4.07. The Bertz CT molecular complexity index is 1060. The van der Waals surface area contributed by atoms with E-state index in [1.807, 2.05) is 36.7 Å². The van der Waals surface area contributed by atoms with Gasteiger partial charge in [0.05, 0.1) is 17.7 Å². The normalized spacial score (nSPS) is 22.3. The van der Waals surface area contributed by atoms with Crippen molar-refractivity contribution in [3.05, 3.63) is 51.7 Å². The molecule has 1 aliphatic carbocycles. The summed E-state index contributed by atoms with van der Waals surface area (Å²) in [7, 11) is 0. The zero-order chi connectivity index (χ0) is 18.5. The third kappa shape index (κ3) is 2.50. The van der Waals surface area contributed by atoms with Gasteiger partial charge < -0.3 is 9.72 Å². The van der Waals surface area contributed by atoms with E-state index in [2.05, 4.69) is 11.1 Å². The fourth-order valence-electron chi connectivity index (χ4n) is 4.67. The third-order valence-corrected chi connectivity index (χ3v) is 5.99. The predicted molar refractivity (Wildman–Crippen MR) is 103 cm³/mol. The molecule has 2 aromatic heterocycles. The van der Waals surface area contributed by atoms with Crippen molar-refractivity contribution in [3.63, 3.8) is 0 Å². The molecular formula is C21H24N4O2. The predicted octanol–water partition coefficient (Wildman–Crippen LogP) is 3.71. The minimum atomic E-state index is -0.0901. The summed E-state index contributed by atoms with van der Waals surface area (Å²) in [5, 5.41) is 5.43. The van der Waals surface area contributed by atoms with E-state index in [0.29, 0.717) is 17.3 Å². The lowest BCUT2D eigenvalue weighted by atomic mass is 9.95. The molecule has 0 bridgehead atoms. The topological polar surface area (TPSA) is 72.8 Å². The van der Waals surface area contributed by atoms with Crippen LogP contribution in [0.15, 0.2) is 29.1 Å². The van der Waals surface area contributed by atoms with Crippen molar-refractivity contribution < 1.29 is 4.74 Å². The first-order valence-electron chi connectivity index (χ1n) is 9.94. The molecule has 2 atom stereocenters. The minimum Gasteiger partial charge on any atom is -0.489 e. The van der Waals surface area contributed by atoms with Crippen LogP contribution < -0.4 is 10.3 Å². The zero-order valence-corrected chi connectivity index (χ0v) is 15.7. The Morgan fingerprint density at radius 2 is 2.04 bits per heavy atom. The standard InChI is InChI=1S/C21H24N4O2/c1-3-15-18-20(25(24-15)13-8-4-5-9-13)22-19(23-21(18)26)17-12(2)27-16-11-7-6-10-14(16)17/h6-7,10-13,17H,3-5,8-9H2,1-2H3,(H,22,23,26). The molecule has 1 aliphatic heterocycles. The van der Waals surface area contributed by atoms with Crippen LogP contribution in [0.25, 0.3) is 11.0 Å². The number of fused-ring (bicyclic) bond motifs is 2. The zero-order valence-electron chi connectivity index (χ0n) is 15.7. The molecule has 27 heavy (non-hydrogen) atoms. The van der Waals surface area contributed by atoms with Crippen molar-refractivity contribution in [2.75, 3.05) is 0 Å². The van der Waals surface area contributed by atoms with Gasteiger partial charge in [0, 0.05) is 5.56 Å². The lowest BCUT2D eigenvalue weighted by Gasteiger charge is -2.15. The molecule has 2 unspecified atom stereocenters. The summed E-state index contributed by atoms with van der Waals surface area (Å²) in [6.07, 6.45) is 5.29. The molecular weight excluding hydrogens is 340 g/mol. The molecule has 0 spiro atoms. The average Bonchev–Trinajstić information content (AvgIpc) is 3.37. The van der Waals surface area contributed by atoms with Crippen LogP contribution in [0.4, 0.5) is 0 Å². The number of aromatic amines is 1. The first kappa shape index (κ1) is 16.5. The van der Waals surface area contributed by atoms with Crippen molar-refractivity contribution in [2.45, 2.75) is 64.0 Å². The van der Waals surface area contributed by atoms with Crippen LogP contribution in [0.3, 0.4) is 0 Å². The SMILES string of the molecule is CCc1nn(C2CCCC2)c2nc(C3c4ccccc4OC3C)[nH]c(=O)c12. The highest BCUT2D eigenvalue weighted by atomic mass is 16.5. The lowest BCUT2D eigenvalue weighted by Crippen LogP contribution is -2.22. The van der Waals surface area contributed by atoms with Crippen LogP contribution >= 0.6 is 0 Å². The molecule has 6 heteroatoms. The third-order valence-electron chi connectivity index (χ3n) is 5.99. The van der Waals surface area contributed by atoms with Crippen LogP contribution in [0.2, 0.25) is 0 Å². The molecule has 5 rings (SSSR count). The van der Waals surface area contributed by atoms with Crippen LogP contribution in [-0.4, -0.2) is 25.9 Å². The fourth-order valence-corrected chi connectivity index (χ4v) is 4.67. The first-order chi connectivity index (χ1) is 13.2. The van der Waals surface area contributed by atoms with Gasteiger partial charge in [0.2, 0.25) is 0 Å². The number of nitrogens with one attached hydrogen (secondary N) is 1. The second kappa shape index (κ2) is 6.22. The van der Waals surface area contributed by atoms with Gasteiger partial charge in [-0.2, -0.15) is 5.10 Å². The molecule has 3 heterocycles. The molecule has 1 N–H and O–H groups in total. The van der Waals surface area contributed by atoms with Crippen molar-refractivity contribution in [1.82, 2.24) is 19.7 Å². The molecule has 0 amide bonds. The number of nitrogens with zero attached hydrogens (tertiary/aromatic N) is 3. The summed E-state index contributed by atoms with van der Waals surface area (Å²) in [5.74, 6) is 1.47. The van der Waals surface area contributed by atoms with Gasteiger partial charge in [-0.15, -0.1) is 0 Å². The Morgan fingerprint density at radius 3 is 2.81 bits per heavy atom. The highest BCUT2D eigenvalue weighted by molar-refractivity contribution is 5.77. The van der Waals surface area contributed by atoms with Gasteiger partial charge in [0.15, 0.2) is 5.65 Å². The van der Waals surface area contributed by atoms with Crippen molar-refractivity contribution in [2.24, 2.45) is 0 Å². The number of aryl methyl sites for hydroxylation is 1. The van der Waals surface area contributed by atoms with E-state index in [4.69, 9.17) is 14.8 Å². The Kier molecular flexibility index (Phi) is 3.81. The Labute approximate surface area is 157 Å². The summed E-state index contributed by atoms with van der Waals surface area (Å²) in [5.41, 5.74) is 2.56. The van der Waals surface area contributed by atoms with Gasteiger partial charge in [-0.1, -0.05) is 38.0 Å². The van der Waals surface area contributed by atoms with E-state index in [1.54, 1.807) is 0 Å². The van der Waals surface area contributed by atoms with E-state index in [9.17, 15) is 4.79 Å². The molecule has 1 fully saturated rings. The van der Waals surface area contributed by atoms with Crippen LogP contribution in [0.1, 0.15) is 68.6 Å². The molecule has 0 saturated heterocycles. The maximum Gasteiger partial charge on any atom is 0.262 e. The minimum absolute atomic E-state index is 0.0727. The quantitative estimate of drug-likeness (QED) is 0.769. The Hall–Kier alpha value is -2.63. The van der Waals surface area contributed by atoms with Gasteiger partial charge in [0.25, 0.3) is 5.56 Å². The van der Waals surface area contributed by atoms with E-state index in [1.165, 1.54) is 12.8 Å². The smallest absolute Gasteiger partial charge is 0.262 e. The molecule has 3 aromatic rings. The number of benzene rings is 1. The van der Waals surface area contributed by atoms with Crippen LogP contribution in [-0.2, 0) is 6.42 Å². The number of hydrogen-bond acceptors (Lipinski definition) is 4. The second-order valence-corrected chi connectivity index (χ2v) is 7.67. The van der Waals surface area contributed by atoms with E-state index >= 15 is 0 Å². The average molecular weight is 364 g/mol. The first-order valence-corrected chi connectivity index (χ1v) is 9.94. The number of rotatable bonds is 3. The van der Waals surface area contributed by atoms with Gasteiger partial charge in [0.1, 0.15) is 23.1 Å². The van der Waals surface area contributed by atoms with Crippen LogP contribution in [0.5, 0.6) is 5.75 Å². The Balaban J connectivity index is 1.71. The molecule has 2 aliphatic rings. The summed E-state index contributed by atoms with van der Waals surface area (Å²) in [4.78, 5) is 21.0. The maximum absolute atomic E-state index is 13.0. The second-order valence-electron chi connectivity index (χ2n) is 7.67. The van der Waals surface area contributed by atoms with E-state index < -0.39 is 0 Å². The summed E-state index contributed by atoms with van der Waals surface area (Å²) < 4.78 is 8.02. The van der Waals surface area contributed by atoms with E-state index in [0.717, 1.165) is 41.9 Å². The Morgan fingerprint density at radius 1 is 1.26 bits per heavy atom. The molecule has 0 radical (unpaired) electrons. The molecule has 1 aromatic carbocycles. The maximum atomic E-state index is 13.0. The van der Waals surface area contributed by atoms with Crippen molar-refractivity contribution in [1.29, 1.82) is 0 Å². The summed E-state index contributed by atoms with van der Waals surface area (Å²) >= 11 is 0. The fraction of sp³-hybridized carbons (Fsp3) is 0.476. The largest absolute Gasteiger partial charge is 0.489 e.